The molecule has 0 aromatic rings. The second-order valence-electron chi connectivity index (χ2n) is 11.0. The van der Waals surface area contributed by atoms with Crippen LogP contribution in [0.15, 0.2) is 72.9 Å². The van der Waals surface area contributed by atoms with Gasteiger partial charge in [-0.3, -0.25) is 9.59 Å². The molecule has 0 aliphatic heterocycles. The molecule has 0 saturated carbocycles. The molecule has 1 atom stereocenters. The van der Waals surface area contributed by atoms with Crippen LogP contribution >= 0.6 is 0 Å². The summed E-state index contributed by atoms with van der Waals surface area (Å²) in [7, 11) is 0. The molecule has 4 heteroatoms. The van der Waals surface area contributed by atoms with E-state index < -0.39 is 5.97 Å². The number of aliphatic carboxylic acids is 1. The molecule has 238 valence electrons. The highest BCUT2D eigenvalue weighted by molar-refractivity contribution is 5.69. The van der Waals surface area contributed by atoms with Gasteiger partial charge in [0.2, 0.25) is 0 Å². The van der Waals surface area contributed by atoms with E-state index in [1.165, 1.54) is 38.5 Å². The Morgan fingerprint density at radius 2 is 1.02 bits per heavy atom. The van der Waals surface area contributed by atoms with Crippen LogP contribution in [0.4, 0.5) is 0 Å². The van der Waals surface area contributed by atoms with Crippen molar-refractivity contribution in [2.24, 2.45) is 0 Å². The summed E-state index contributed by atoms with van der Waals surface area (Å²) >= 11 is 0. The van der Waals surface area contributed by atoms with Gasteiger partial charge in [0.25, 0.3) is 0 Å². The third kappa shape index (κ3) is 31.9. The minimum Gasteiger partial charge on any atom is -0.481 e. The normalized spacial score (nSPS) is 13.2. The minimum atomic E-state index is -0.830. The topological polar surface area (TPSA) is 63.6 Å². The average Bonchev–Trinajstić information content (AvgIpc) is 2.97. The Bertz CT molecular complexity index is 800. The minimum absolute atomic E-state index is 0.0532. The van der Waals surface area contributed by atoms with Gasteiger partial charge >= 0.3 is 11.9 Å². The Morgan fingerprint density at radius 1 is 0.548 bits per heavy atom. The quantitative estimate of drug-likeness (QED) is 0.0541. The van der Waals surface area contributed by atoms with E-state index in [0.717, 1.165) is 77.0 Å². The number of carboxylic acid groups (broad SMARTS) is 1. The van der Waals surface area contributed by atoms with E-state index in [4.69, 9.17) is 9.84 Å². The van der Waals surface area contributed by atoms with Crippen LogP contribution < -0.4 is 0 Å². The predicted molar refractivity (Wildman–Crippen MR) is 181 cm³/mol. The molecular formula is C38H62O4. The second-order valence-corrected chi connectivity index (χ2v) is 11.0. The number of carbonyl (C=O) groups is 2. The zero-order valence-corrected chi connectivity index (χ0v) is 27.0. The van der Waals surface area contributed by atoms with Gasteiger partial charge in [-0.2, -0.15) is 0 Å². The van der Waals surface area contributed by atoms with Crippen molar-refractivity contribution in [2.75, 3.05) is 0 Å². The van der Waals surface area contributed by atoms with Crippen LogP contribution in [0, 0.1) is 0 Å². The lowest BCUT2D eigenvalue weighted by Crippen LogP contribution is -2.19. The summed E-state index contributed by atoms with van der Waals surface area (Å²) in [4.78, 5) is 23.3. The molecule has 0 bridgehead atoms. The van der Waals surface area contributed by atoms with Gasteiger partial charge in [0.15, 0.2) is 0 Å². The molecule has 0 spiro atoms. The van der Waals surface area contributed by atoms with Gasteiger partial charge in [-0.1, -0.05) is 132 Å². The summed E-state index contributed by atoms with van der Waals surface area (Å²) in [5.41, 5.74) is 0. The zero-order valence-electron chi connectivity index (χ0n) is 27.0. The van der Waals surface area contributed by atoms with Crippen LogP contribution in [0.3, 0.4) is 0 Å². The predicted octanol–water partition coefficient (Wildman–Crippen LogP) is 11.6. The molecule has 0 aliphatic carbocycles. The Morgan fingerprint density at radius 3 is 1.52 bits per heavy atom. The average molecular weight is 583 g/mol. The number of carboxylic acids is 1. The summed E-state index contributed by atoms with van der Waals surface area (Å²) in [6, 6.07) is 0. The largest absolute Gasteiger partial charge is 0.481 e. The lowest BCUT2D eigenvalue weighted by atomic mass is 10.0. The molecule has 0 fully saturated rings. The van der Waals surface area contributed by atoms with Crippen LogP contribution in [-0.2, 0) is 14.3 Å². The first kappa shape index (κ1) is 39.4. The lowest BCUT2D eigenvalue weighted by Gasteiger charge is -2.17. The van der Waals surface area contributed by atoms with Crippen molar-refractivity contribution in [3.05, 3.63) is 72.9 Å². The third-order valence-corrected chi connectivity index (χ3v) is 6.96. The van der Waals surface area contributed by atoms with Crippen LogP contribution in [0.1, 0.15) is 149 Å². The van der Waals surface area contributed by atoms with E-state index in [9.17, 15) is 9.59 Å². The van der Waals surface area contributed by atoms with Crippen molar-refractivity contribution in [2.45, 2.75) is 155 Å². The van der Waals surface area contributed by atoms with Crippen LogP contribution in [0.2, 0.25) is 0 Å². The SMILES string of the molecule is CC/C=C\C/C=C\C/C=C\C/C=C\C/C=C\C/C=C\CCCCC(=O)OC(CCCCCCCCCC)CCC(=O)O. The fourth-order valence-electron chi connectivity index (χ4n) is 4.47. The van der Waals surface area contributed by atoms with Crippen molar-refractivity contribution in [3.8, 4) is 0 Å². The van der Waals surface area contributed by atoms with Gasteiger partial charge in [-0.05, 0) is 77.0 Å². The molecule has 42 heavy (non-hydrogen) atoms. The maximum absolute atomic E-state index is 12.3. The molecule has 0 heterocycles. The third-order valence-electron chi connectivity index (χ3n) is 6.96. The molecule has 0 aliphatic rings. The van der Waals surface area contributed by atoms with E-state index in [1.54, 1.807) is 0 Å². The number of hydrogen-bond acceptors (Lipinski definition) is 3. The van der Waals surface area contributed by atoms with Crippen LogP contribution in [0.5, 0.6) is 0 Å². The molecule has 0 rings (SSSR count). The molecular weight excluding hydrogens is 520 g/mol. The molecule has 0 aromatic heterocycles. The number of hydrogen-bond donors (Lipinski definition) is 1. The summed E-state index contributed by atoms with van der Waals surface area (Å²) in [5, 5.41) is 9.04. The highest BCUT2D eigenvalue weighted by atomic mass is 16.5. The number of rotatable bonds is 29. The van der Waals surface area contributed by atoms with Crippen molar-refractivity contribution in [1.29, 1.82) is 0 Å². The van der Waals surface area contributed by atoms with E-state index in [-0.39, 0.29) is 18.5 Å². The van der Waals surface area contributed by atoms with Crippen molar-refractivity contribution in [1.82, 2.24) is 0 Å². The van der Waals surface area contributed by atoms with Gasteiger partial charge in [-0.25, -0.2) is 0 Å². The number of esters is 1. The van der Waals surface area contributed by atoms with Crippen LogP contribution in [-0.4, -0.2) is 23.1 Å². The van der Waals surface area contributed by atoms with Crippen LogP contribution in [0.25, 0.3) is 0 Å². The van der Waals surface area contributed by atoms with Crippen molar-refractivity contribution < 1.29 is 19.4 Å². The Labute approximate surface area is 258 Å². The second kappa shape index (κ2) is 32.9. The first-order valence-electron chi connectivity index (χ1n) is 16.9. The van der Waals surface area contributed by atoms with E-state index in [1.807, 2.05) is 0 Å². The molecule has 0 amide bonds. The number of ether oxygens (including phenoxy) is 1. The van der Waals surface area contributed by atoms with Gasteiger partial charge in [0.1, 0.15) is 6.10 Å². The molecule has 0 saturated heterocycles. The summed E-state index contributed by atoms with van der Waals surface area (Å²) in [6.45, 7) is 4.38. The van der Waals surface area contributed by atoms with E-state index in [2.05, 4.69) is 86.8 Å². The summed E-state index contributed by atoms with van der Waals surface area (Å²) in [6.07, 6.45) is 46.3. The van der Waals surface area contributed by atoms with Crippen molar-refractivity contribution >= 4 is 11.9 Å². The molecule has 0 radical (unpaired) electrons. The Kier molecular flexibility index (Phi) is 30.8. The monoisotopic (exact) mass is 582 g/mol. The molecule has 1 N–H and O–H groups in total. The summed E-state index contributed by atoms with van der Waals surface area (Å²) in [5.74, 6) is -1.02. The maximum Gasteiger partial charge on any atom is 0.306 e. The molecule has 1 unspecified atom stereocenters. The molecule has 0 aromatic carbocycles. The molecule has 4 nitrogen and oxygen atoms in total. The Balaban J connectivity index is 3.88. The first-order valence-corrected chi connectivity index (χ1v) is 16.9. The fraction of sp³-hybridized carbons (Fsp3) is 0.632. The highest BCUT2D eigenvalue weighted by Gasteiger charge is 2.15. The van der Waals surface area contributed by atoms with E-state index >= 15 is 0 Å². The van der Waals surface area contributed by atoms with Crippen molar-refractivity contribution in [3.63, 3.8) is 0 Å². The number of carbonyl (C=O) groups excluding carboxylic acids is 1. The number of allylic oxidation sites excluding steroid dienone is 12. The fourth-order valence-corrected chi connectivity index (χ4v) is 4.47. The highest BCUT2D eigenvalue weighted by Crippen LogP contribution is 2.16. The van der Waals surface area contributed by atoms with Gasteiger partial charge in [0.05, 0.1) is 0 Å². The van der Waals surface area contributed by atoms with Gasteiger partial charge in [-0.15, -0.1) is 0 Å². The van der Waals surface area contributed by atoms with Gasteiger partial charge < -0.3 is 9.84 Å². The summed E-state index contributed by atoms with van der Waals surface area (Å²) < 4.78 is 5.66. The standard InChI is InChI=1S/C38H62O4/c1-3-5-7-9-11-13-14-15-16-17-18-19-20-21-22-23-24-25-27-29-31-33-38(41)42-36(34-35-37(39)40)32-30-28-26-12-10-8-6-4-2/h5,7,11,13,15-16,18-19,21-22,24-25,36H,3-4,6,8-10,12,14,17,20,23,26-35H2,1-2H3,(H,39,40)/b7-5-,13-11-,16-15-,19-18-,22-21-,25-24-. The maximum atomic E-state index is 12.3. The van der Waals surface area contributed by atoms with E-state index in [0.29, 0.717) is 12.8 Å². The van der Waals surface area contributed by atoms with Gasteiger partial charge in [0, 0.05) is 12.8 Å². The number of unbranched alkanes of at least 4 members (excludes halogenated alkanes) is 9. The Hall–Kier alpha value is -2.62. The lowest BCUT2D eigenvalue weighted by molar-refractivity contribution is -0.151. The smallest absolute Gasteiger partial charge is 0.306 e. The zero-order chi connectivity index (χ0) is 30.8. The first-order chi connectivity index (χ1) is 20.6.